The van der Waals surface area contributed by atoms with Gasteiger partial charge in [0.1, 0.15) is 0 Å². The van der Waals surface area contributed by atoms with Gasteiger partial charge in [0.2, 0.25) is 0 Å². The smallest absolute Gasteiger partial charge is 0.0137 e. The van der Waals surface area contributed by atoms with Gasteiger partial charge in [-0.15, -0.1) is 6.58 Å². The van der Waals surface area contributed by atoms with Crippen LogP contribution in [0.25, 0.3) is 0 Å². The first kappa shape index (κ1) is 11.2. The molecule has 0 bridgehead atoms. The van der Waals surface area contributed by atoms with Crippen LogP contribution in [-0.2, 0) is 0 Å². The van der Waals surface area contributed by atoms with Gasteiger partial charge >= 0.3 is 0 Å². The van der Waals surface area contributed by atoms with Crippen molar-refractivity contribution in [3.05, 3.63) is 12.2 Å². The van der Waals surface area contributed by atoms with Crippen molar-refractivity contribution in [3.63, 3.8) is 0 Å². The summed E-state index contributed by atoms with van der Waals surface area (Å²) in [5.41, 5.74) is 1.32. The normalized spacial score (nSPS) is 35.7. The molecule has 2 saturated heterocycles. The maximum atomic E-state index is 4.00. The second kappa shape index (κ2) is 4.67. The summed E-state index contributed by atoms with van der Waals surface area (Å²) >= 11 is 0. The fraction of sp³-hybridized carbons (Fsp3) is 0.846. The number of nitrogens with zero attached hydrogens (tertiary/aromatic N) is 1. The Morgan fingerprint density at radius 2 is 2.27 bits per heavy atom. The molecule has 3 unspecified atom stereocenters. The molecule has 0 saturated carbocycles. The Labute approximate surface area is 93.7 Å². The van der Waals surface area contributed by atoms with E-state index < -0.39 is 0 Å². The Morgan fingerprint density at radius 3 is 2.93 bits per heavy atom. The fourth-order valence-corrected chi connectivity index (χ4v) is 3.26. The highest BCUT2D eigenvalue weighted by atomic mass is 15.2. The molecule has 86 valence electrons. The lowest BCUT2D eigenvalue weighted by molar-refractivity contribution is 0.221. The summed E-state index contributed by atoms with van der Waals surface area (Å²) in [6.45, 7) is 13.5. The van der Waals surface area contributed by atoms with Crippen molar-refractivity contribution in [3.8, 4) is 0 Å². The van der Waals surface area contributed by atoms with Gasteiger partial charge in [-0.25, -0.2) is 0 Å². The molecule has 0 aromatic heterocycles. The van der Waals surface area contributed by atoms with Crippen LogP contribution in [0.15, 0.2) is 12.2 Å². The maximum Gasteiger partial charge on any atom is 0.0137 e. The number of rotatable bonds is 4. The Kier molecular flexibility index (Phi) is 3.47. The molecule has 2 rings (SSSR count). The average Bonchev–Trinajstić information content (AvgIpc) is 2.72. The minimum absolute atomic E-state index is 0.823. The van der Waals surface area contributed by atoms with Crippen molar-refractivity contribution in [2.75, 3.05) is 26.2 Å². The van der Waals surface area contributed by atoms with E-state index in [0.717, 1.165) is 17.9 Å². The van der Waals surface area contributed by atoms with Gasteiger partial charge in [-0.2, -0.15) is 0 Å². The number of likely N-dealkylation sites (tertiary alicyclic amines) is 1. The van der Waals surface area contributed by atoms with Gasteiger partial charge in [-0.05, 0) is 44.7 Å². The highest BCUT2D eigenvalue weighted by Crippen LogP contribution is 2.34. The molecule has 0 radical (unpaired) electrons. The summed E-state index contributed by atoms with van der Waals surface area (Å²) in [6.07, 6.45) is 2.47. The first-order valence-electron chi connectivity index (χ1n) is 6.31. The number of nitrogens with one attached hydrogen (secondary N) is 1. The van der Waals surface area contributed by atoms with Gasteiger partial charge < -0.3 is 5.32 Å². The monoisotopic (exact) mass is 208 g/mol. The quantitative estimate of drug-likeness (QED) is 0.710. The molecule has 3 atom stereocenters. The van der Waals surface area contributed by atoms with Crippen LogP contribution in [0.4, 0.5) is 0 Å². The van der Waals surface area contributed by atoms with Crippen LogP contribution >= 0.6 is 0 Å². The predicted molar refractivity (Wildman–Crippen MR) is 64.9 cm³/mol. The molecular weight excluding hydrogens is 184 g/mol. The van der Waals surface area contributed by atoms with Crippen LogP contribution in [0.1, 0.15) is 26.7 Å². The third-order valence-corrected chi connectivity index (χ3v) is 4.07. The highest BCUT2D eigenvalue weighted by molar-refractivity contribution is 4.99. The van der Waals surface area contributed by atoms with Crippen LogP contribution < -0.4 is 5.32 Å². The molecule has 2 heterocycles. The van der Waals surface area contributed by atoms with E-state index in [-0.39, 0.29) is 0 Å². The Bertz CT molecular complexity index is 237. The van der Waals surface area contributed by atoms with Crippen molar-refractivity contribution < 1.29 is 0 Å². The molecule has 2 fully saturated rings. The van der Waals surface area contributed by atoms with E-state index in [0.29, 0.717) is 0 Å². The Morgan fingerprint density at radius 1 is 1.47 bits per heavy atom. The van der Waals surface area contributed by atoms with E-state index in [2.05, 4.69) is 30.6 Å². The molecule has 0 amide bonds. The average molecular weight is 208 g/mol. The van der Waals surface area contributed by atoms with Crippen molar-refractivity contribution in [1.82, 2.24) is 10.2 Å². The first-order chi connectivity index (χ1) is 7.22. The summed E-state index contributed by atoms with van der Waals surface area (Å²) in [5, 5.41) is 3.53. The number of hydrogen-bond donors (Lipinski definition) is 1. The molecule has 2 nitrogen and oxygen atoms in total. The molecule has 2 aliphatic heterocycles. The van der Waals surface area contributed by atoms with E-state index in [1.54, 1.807) is 0 Å². The first-order valence-corrected chi connectivity index (χ1v) is 6.31. The van der Waals surface area contributed by atoms with Crippen molar-refractivity contribution in [2.24, 2.45) is 11.8 Å². The molecule has 0 aromatic rings. The van der Waals surface area contributed by atoms with E-state index >= 15 is 0 Å². The summed E-state index contributed by atoms with van der Waals surface area (Å²) in [7, 11) is 0. The van der Waals surface area contributed by atoms with E-state index in [4.69, 9.17) is 0 Å². The molecule has 15 heavy (non-hydrogen) atoms. The standard InChI is InChI=1S/C13H24N2/c1-4-13-12-8-14-7-11(12)9-15(13)6-5-10(2)3/h11-14H,2,4-9H2,1,3H3. The van der Waals surface area contributed by atoms with Gasteiger partial charge in [-0.3, -0.25) is 4.90 Å². The summed E-state index contributed by atoms with van der Waals surface area (Å²) in [6, 6.07) is 0.823. The lowest BCUT2D eigenvalue weighted by Crippen LogP contribution is -2.35. The highest BCUT2D eigenvalue weighted by Gasteiger charge is 2.42. The molecule has 2 heteroatoms. The van der Waals surface area contributed by atoms with Crippen molar-refractivity contribution >= 4 is 0 Å². The predicted octanol–water partition coefficient (Wildman–Crippen LogP) is 1.88. The van der Waals surface area contributed by atoms with Crippen LogP contribution in [0.2, 0.25) is 0 Å². The fourth-order valence-electron chi connectivity index (χ4n) is 3.26. The Hall–Kier alpha value is -0.340. The lowest BCUT2D eigenvalue weighted by atomic mass is 9.93. The number of hydrogen-bond acceptors (Lipinski definition) is 2. The molecule has 0 spiro atoms. The van der Waals surface area contributed by atoms with E-state index in [1.165, 1.54) is 44.6 Å². The second-order valence-corrected chi connectivity index (χ2v) is 5.26. The number of fused-ring (bicyclic) bond motifs is 1. The van der Waals surface area contributed by atoms with Crippen LogP contribution in [0.5, 0.6) is 0 Å². The minimum Gasteiger partial charge on any atom is -0.316 e. The summed E-state index contributed by atoms with van der Waals surface area (Å²) in [4.78, 5) is 2.70. The van der Waals surface area contributed by atoms with Gasteiger partial charge in [0.05, 0.1) is 0 Å². The largest absolute Gasteiger partial charge is 0.316 e. The SMILES string of the molecule is C=C(C)CCN1CC2CNCC2C1CC. The Balaban J connectivity index is 1.92. The molecular formula is C13H24N2. The maximum absolute atomic E-state index is 4.00. The lowest BCUT2D eigenvalue weighted by Gasteiger charge is -2.26. The van der Waals surface area contributed by atoms with E-state index in [9.17, 15) is 0 Å². The second-order valence-electron chi connectivity index (χ2n) is 5.26. The van der Waals surface area contributed by atoms with Crippen molar-refractivity contribution in [1.29, 1.82) is 0 Å². The third-order valence-electron chi connectivity index (χ3n) is 4.07. The topological polar surface area (TPSA) is 15.3 Å². The van der Waals surface area contributed by atoms with Gasteiger partial charge in [0.15, 0.2) is 0 Å². The van der Waals surface area contributed by atoms with Gasteiger partial charge in [-0.1, -0.05) is 12.5 Å². The van der Waals surface area contributed by atoms with Crippen LogP contribution in [0.3, 0.4) is 0 Å². The summed E-state index contributed by atoms with van der Waals surface area (Å²) < 4.78 is 0. The van der Waals surface area contributed by atoms with Gasteiger partial charge in [0.25, 0.3) is 0 Å². The van der Waals surface area contributed by atoms with Crippen LogP contribution in [-0.4, -0.2) is 37.1 Å². The zero-order valence-electron chi connectivity index (χ0n) is 10.1. The van der Waals surface area contributed by atoms with Gasteiger partial charge in [0, 0.05) is 19.1 Å². The van der Waals surface area contributed by atoms with Crippen molar-refractivity contribution in [2.45, 2.75) is 32.7 Å². The minimum atomic E-state index is 0.823. The molecule has 0 aliphatic carbocycles. The zero-order valence-corrected chi connectivity index (χ0v) is 10.1. The van der Waals surface area contributed by atoms with Crippen LogP contribution in [0, 0.1) is 11.8 Å². The summed E-state index contributed by atoms with van der Waals surface area (Å²) in [5.74, 6) is 1.83. The third kappa shape index (κ3) is 2.26. The van der Waals surface area contributed by atoms with E-state index in [1.807, 2.05) is 0 Å². The zero-order chi connectivity index (χ0) is 10.8. The molecule has 1 N–H and O–H groups in total. The molecule has 2 aliphatic rings. The molecule has 0 aromatic carbocycles.